The number of piperidine rings is 1. The first-order chi connectivity index (χ1) is 11.0. The molecule has 2 rings (SSSR count). The van der Waals surface area contributed by atoms with Gasteiger partial charge in [-0.3, -0.25) is 4.79 Å². The van der Waals surface area contributed by atoms with Crippen molar-refractivity contribution in [1.82, 2.24) is 4.90 Å². The van der Waals surface area contributed by atoms with Gasteiger partial charge in [-0.1, -0.05) is 32.4 Å². The molecule has 2 N–H and O–H groups in total. The first-order valence-electron chi connectivity index (χ1n) is 8.41. The second-order valence-corrected chi connectivity index (χ2v) is 6.37. The molecule has 6 heteroatoms. The summed E-state index contributed by atoms with van der Waals surface area (Å²) >= 11 is 0. The van der Waals surface area contributed by atoms with Crippen molar-refractivity contribution in [1.29, 1.82) is 0 Å². The van der Waals surface area contributed by atoms with Crippen LogP contribution in [0, 0.1) is 11.7 Å². The number of nitrogens with zero attached hydrogens (tertiary/aromatic N) is 1. The Bertz CT molecular complexity index is 504. The molecule has 0 saturated carbocycles. The van der Waals surface area contributed by atoms with E-state index in [1.54, 1.807) is 12.1 Å². The molecule has 1 fully saturated rings. The zero-order valence-electron chi connectivity index (χ0n) is 14.4. The van der Waals surface area contributed by atoms with E-state index in [4.69, 9.17) is 10.5 Å². The zero-order chi connectivity index (χ0) is 16.8. The van der Waals surface area contributed by atoms with Crippen LogP contribution in [0.4, 0.5) is 4.39 Å². The van der Waals surface area contributed by atoms with Crippen molar-refractivity contribution in [2.24, 2.45) is 11.7 Å². The average Bonchev–Trinajstić information content (AvgIpc) is 2.59. The average molecular weight is 359 g/mol. The van der Waals surface area contributed by atoms with Gasteiger partial charge >= 0.3 is 0 Å². The molecular weight excluding hydrogens is 331 g/mol. The van der Waals surface area contributed by atoms with Crippen LogP contribution < -0.4 is 5.73 Å². The minimum absolute atomic E-state index is 0. The molecule has 2 atom stereocenters. The Morgan fingerprint density at radius 3 is 2.46 bits per heavy atom. The Morgan fingerprint density at radius 2 is 1.92 bits per heavy atom. The molecule has 0 unspecified atom stereocenters. The smallest absolute Gasteiger partial charge is 0.239 e. The lowest BCUT2D eigenvalue weighted by atomic mass is 9.97. The van der Waals surface area contributed by atoms with Crippen LogP contribution in [0.15, 0.2) is 24.3 Å². The maximum Gasteiger partial charge on any atom is 0.239 e. The van der Waals surface area contributed by atoms with Gasteiger partial charge in [-0.25, -0.2) is 4.39 Å². The lowest BCUT2D eigenvalue weighted by Gasteiger charge is -2.34. The first kappa shape index (κ1) is 20.9. The van der Waals surface area contributed by atoms with Crippen molar-refractivity contribution < 1.29 is 13.9 Å². The molecule has 0 radical (unpaired) electrons. The van der Waals surface area contributed by atoms with Crippen molar-refractivity contribution in [3.05, 3.63) is 35.6 Å². The summed E-state index contributed by atoms with van der Waals surface area (Å²) in [7, 11) is 0. The summed E-state index contributed by atoms with van der Waals surface area (Å²) in [5.41, 5.74) is 6.99. The molecule has 0 bridgehead atoms. The fourth-order valence-electron chi connectivity index (χ4n) is 2.75. The topological polar surface area (TPSA) is 55.6 Å². The fraction of sp³-hybridized carbons (Fsp3) is 0.611. The Balaban J connectivity index is 0.00000288. The Labute approximate surface area is 149 Å². The number of amides is 1. The van der Waals surface area contributed by atoms with Gasteiger partial charge in [0.1, 0.15) is 5.82 Å². The van der Waals surface area contributed by atoms with E-state index in [2.05, 4.69) is 0 Å². The van der Waals surface area contributed by atoms with Crippen LogP contribution in [-0.4, -0.2) is 36.0 Å². The molecule has 136 valence electrons. The lowest BCUT2D eigenvalue weighted by Crippen LogP contribution is -2.50. The van der Waals surface area contributed by atoms with Gasteiger partial charge in [0.25, 0.3) is 0 Å². The van der Waals surface area contributed by atoms with Gasteiger partial charge in [-0.15, -0.1) is 12.4 Å². The van der Waals surface area contributed by atoms with Gasteiger partial charge < -0.3 is 15.4 Å². The second-order valence-electron chi connectivity index (χ2n) is 6.37. The van der Waals surface area contributed by atoms with Crippen molar-refractivity contribution in [3.8, 4) is 0 Å². The van der Waals surface area contributed by atoms with Crippen LogP contribution in [0.25, 0.3) is 0 Å². The molecule has 1 aliphatic rings. The number of hydrogen-bond donors (Lipinski definition) is 1. The molecule has 0 aromatic heterocycles. The van der Waals surface area contributed by atoms with Gasteiger partial charge in [-0.2, -0.15) is 0 Å². The van der Waals surface area contributed by atoms with Crippen LogP contribution in [0.3, 0.4) is 0 Å². The van der Waals surface area contributed by atoms with Crippen molar-refractivity contribution in [2.45, 2.75) is 51.9 Å². The molecule has 1 amide bonds. The predicted octanol–water partition coefficient (Wildman–Crippen LogP) is 3.13. The van der Waals surface area contributed by atoms with Crippen molar-refractivity contribution in [3.63, 3.8) is 0 Å². The lowest BCUT2D eigenvalue weighted by molar-refractivity contribution is -0.136. The monoisotopic (exact) mass is 358 g/mol. The Morgan fingerprint density at radius 1 is 1.33 bits per heavy atom. The largest absolute Gasteiger partial charge is 0.373 e. The molecule has 1 aliphatic heterocycles. The number of hydrogen-bond acceptors (Lipinski definition) is 3. The third kappa shape index (κ3) is 5.72. The number of carbonyl (C=O) groups excluding carboxylic acids is 1. The number of benzene rings is 1. The summed E-state index contributed by atoms with van der Waals surface area (Å²) in [5, 5.41) is 0. The highest BCUT2D eigenvalue weighted by Crippen LogP contribution is 2.18. The molecule has 24 heavy (non-hydrogen) atoms. The summed E-state index contributed by atoms with van der Waals surface area (Å²) in [6.45, 7) is 5.92. The number of likely N-dealkylation sites (tertiary alicyclic amines) is 1. The predicted molar refractivity (Wildman–Crippen MR) is 95.5 cm³/mol. The highest BCUT2D eigenvalue weighted by molar-refractivity contribution is 5.85. The van der Waals surface area contributed by atoms with Gasteiger partial charge in [0, 0.05) is 13.1 Å². The standard InChI is InChI=1S/C18H27FN2O2.ClH/c1-3-13(2)17(20)18(22)21-10-8-16(9-11-21)23-12-14-4-6-15(19)7-5-14;/h4-7,13,16-17H,3,8-12,20H2,1-2H3;1H/t13-,17-;/m0./s1. The maximum atomic E-state index is 12.9. The van der Waals surface area contributed by atoms with Gasteiger partial charge in [0.05, 0.1) is 18.8 Å². The fourth-order valence-corrected chi connectivity index (χ4v) is 2.75. The van der Waals surface area contributed by atoms with E-state index in [0.717, 1.165) is 24.8 Å². The number of carbonyl (C=O) groups is 1. The molecule has 1 saturated heterocycles. The summed E-state index contributed by atoms with van der Waals surface area (Å²) in [5.74, 6) is 0.0181. The van der Waals surface area contributed by atoms with Crippen LogP contribution in [0.1, 0.15) is 38.7 Å². The van der Waals surface area contributed by atoms with Crippen LogP contribution in [-0.2, 0) is 16.1 Å². The maximum absolute atomic E-state index is 12.9. The number of ether oxygens (including phenoxy) is 1. The van der Waals surface area contributed by atoms with E-state index >= 15 is 0 Å². The van der Waals surface area contributed by atoms with E-state index in [1.807, 2.05) is 18.7 Å². The van der Waals surface area contributed by atoms with Gasteiger partial charge in [0.2, 0.25) is 5.91 Å². The number of nitrogens with two attached hydrogens (primary N) is 1. The number of rotatable bonds is 6. The third-order valence-corrected chi connectivity index (χ3v) is 4.69. The molecule has 1 heterocycles. The molecule has 1 aromatic carbocycles. The summed E-state index contributed by atoms with van der Waals surface area (Å²) in [6.07, 6.45) is 2.69. The van der Waals surface area contributed by atoms with E-state index in [1.165, 1.54) is 12.1 Å². The van der Waals surface area contributed by atoms with Gasteiger partial charge in [-0.05, 0) is 36.5 Å². The molecular formula is C18H28ClFN2O2. The molecule has 0 aliphatic carbocycles. The SMILES string of the molecule is CC[C@H](C)[C@H](N)C(=O)N1CCC(OCc2ccc(F)cc2)CC1.Cl. The van der Waals surface area contributed by atoms with E-state index in [9.17, 15) is 9.18 Å². The second kappa shape index (κ2) is 9.97. The third-order valence-electron chi connectivity index (χ3n) is 4.69. The summed E-state index contributed by atoms with van der Waals surface area (Å²) in [6, 6.07) is 5.95. The Hall–Kier alpha value is -1.17. The van der Waals surface area contributed by atoms with Gasteiger partial charge in [0.15, 0.2) is 0 Å². The minimum Gasteiger partial charge on any atom is -0.373 e. The molecule has 0 spiro atoms. The number of halogens is 2. The summed E-state index contributed by atoms with van der Waals surface area (Å²) < 4.78 is 18.7. The highest BCUT2D eigenvalue weighted by Gasteiger charge is 2.28. The minimum atomic E-state index is -0.406. The highest BCUT2D eigenvalue weighted by atomic mass is 35.5. The summed E-state index contributed by atoms with van der Waals surface area (Å²) in [4.78, 5) is 14.2. The first-order valence-corrected chi connectivity index (χ1v) is 8.41. The van der Waals surface area contributed by atoms with Crippen LogP contribution >= 0.6 is 12.4 Å². The van der Waals surface area contributed by atoms with Crippen molar-refractivity contribution in [2.75, 3.05) is 13.1 Å². The van der Waals surface area contributed by atoms with Crippen LogP contribution in [0.2, 0.25) is 0 Å². The van der Waals surface area contributed by atoms with E-state index in [-0.39, 0.29) is 36.2 Å². The Kier molecular flexibility index (Phi) is 8.67. The van der Waals surface area contributed by atoms with E-state index < -0.39 is 6.04 Å². The molecule has 1 aromatic rings. The van der Waals surface area contributed by atoms with Crippen molar-refractivity contribution >= 4 is 18.3 Å². The van der Waals surface area contributed by atoms with E-state index in [0.29, 0.717) is 19.7 Å². The zero-order valence-corrected chi connectivity index (χ0v) is 15.2. The van der Waals surface area contributed by atoms with Crippen LogP contribution in [0.5, 0.6) is 0 Å². The normalized spacial score (nSPS) is 17.9. The quantitative estimate of drug-likeness (QED) is 0.850. The molecule has 4 nitrogen and oxygen atoms in total.